The lowest BCUT2D eigenvalue weighted by Gasteiger charge is -2.15. The molecule has 0 fully saturated rings. The monoisotopic (exact) mass is 291 g/mol. The molecule has 5 heteroatoms. The lowest BCUT2D eigenvalue weighted by Crippen LogP contribution is -2.31. The van der Waals surface area contributed by atoms with Gasteiger partial charge in [0.2, 0.25) is 11.8 Å². The molecule has 0 bridgehead atoms. The first kappa shape index (κ1) is 17.2. The molecule has 0 radical (unpaired) electrons. The van der Waals surface area contributed by atoms with Crippen LogP contribution >= 0.6 is 0 Å². The van der Waals surface area contributed by atoms with Gasteiger partial charge in [0.1, 0.15) is 0 Å². The lowest BCUT2D eigenvalue weighted by molar-refractivity contribution is -0.119. The van der Waals surface area contributed by atoms with Gasteiger partial charge in [-0.25, -0.2) is 0 Å². The fraction of sp³-hybridized carbons (Fsp3) is 0.500. The molecule has 0 heterocycles. The number of hydrogen-bond acceptors (Lipinski definition) is 3. The van der Waals surface area contributed by atoms with E-state index >= 15 is 0 Å². The maximum Gasteiger partial charge on any atom is 0.226 e. The molecule has 1 aromatic rings. The number of carbonyl (C=O) groups excluding carboxylic acids is 2. The lowest BCUT2D eigenvalue weighted by atomic mass is 10.0. The smallest absolute Gasteiger partial charge is 0.226 e. The average Bonchev–Trinajstić information content (AvgIpc) is 2.40. The molecule has 1 aromatic carbocycles. The quantitative estimate of drug-likeness (QED) is 0.753. The standard InChI is InChI=1S/C16H25N3O2/c1-10(2)14(17)9-15(20)18-12-5-7-13(8-6-12)19-16(21)11(3)4/h5-8,10-11,14H,9,17H2,1-4H3,(H,18,20)(H,19,21). The SMILES string of the molecule is CC(C)C(=O)Nc1ccc(NC(=O)CC(N)C(C)C)cc1. The Morgan fingerprint density at radius 3 is 1.90 bits per heavy atom. The predicted octanol–water partition coefficient (Wildman–Crippen LogP) is 2.59. The summed E-state index contributed by atoms with van der Waals surface area (Å²) in [5.74, 6) is 0.0659. The Balaban J connectivity index is 2.55. The highest BCUT2D eigenvalue weighted by Gasteiger charge is 2.13. The Bertz CT molecular complexity index is 481. The van der Waals surface area contributed by atoms with E-state index in [9.17, 15) is 9.59 Å². The van der Waals surface area contributed by atoms with Crippen LogP contribution in [0.25, 0.3) is 0 Å². The second kappa shape index (κ2) is 7.78. The first-order valence-electron chi connectivity index (χ1n) is 7.26. The number of rotatable bonds is 6. The van der Waals surface area contributed by atoms with Crippen molar-refractivity contribution in [3.63, 3.8) is 0 Å². The van der Waals surface area contributed by atoms with Crippen molar-refractivity contribution in [3.05, 3.63) is 24.3 Å². The van der Waals surface area contributed by atoms with Gasteiger partial charge in [-0.15, -0.1) is 0 Å². The maximum atomic E-state index is 11.8. The molecule has 0 aliphatic carbocycles. The first-order valence-corrected chi connectivity index (χ1v) is 7.26. The van der Waals surface area contributed by atoms with Crippen molar-refractivity contribution >= 4 is 23.2 Å². The van der Waals surface area contributed by atoms with E-state index in [1.54, 1.807) is 24.3 Å². The Hall–Kier alpha value is -1.88. The molecule has 0 saturated heterocycles. The molecule has 0 aromatic heterocycles. The van der Waals surface area contributed by atoms with Crippen LogP contribution < -0.4 is 16.4 Å². The second-order valence-corrected chi connectivity index (χ2v) is 5.88. The number of amides is 2. The molecular weight excluding hydrogens is 266 g/mol. The Labute approximate surface area is 126 Å². The van der Waals surface area contributed by atoms with Crippen LogP contribution in [0.2, 0.25) is 0 Å². The number of hydrogen-bond donors (Lipinski definition) is 3. The number of nitrogens with one attached hydrogen (secondary N) is 2. The summed E-state index contributed by atoms with van der Waals surface area (Å²) in [5.41, 5.74) is 7.28. The van der Waals surface area contributed by atoms with Gasteiger partial charge in [-0.1, -0.05) is 27.7 Å². The minimum absolute atomic E-state index is 0.0327. The predicted molar refractivity (Wildman–Crippen MR) is 86.0 cm³/mol. The number of benzene rings is 1. The van der Waals surface area contributed by atoms with Gasteiger partial charge in [-0.05, 0) is 30.2 Å². The van der Waals surface area contributed by atoms with Crippen LogP contribution in [0, 0.1) is 11.8 Å². The Morgan fingerprint density at radius 1 is 1.00 bits per heavy atom. The van der Waals surface area contributed by atoms with Crippen LogP contribution in [0.1, 0.15) is 34.1 Å². The minimum atomic E-state index is -0.144. The topological polar surface area (TPSA) is 84.2 Å². The summed E-state index contributed by atoms with van der Waals surface area (Å²) < 4.78 is 0. The van der Waals surface area contributed by atoms with Gasteiger partial charge >= 0.3 is 0 Å². The van der Waals surface area contributed by atoms with E-state index in [0.717, 1.165) is 0 Å². The average molecular weight is 291 g/mol. The van der Waals surface area contributed by atoms with E-state index in [0.29, 0.717) is 17.8 Å². The van der Waals surface area contributed by atoms with Gasteiger partial charge in [0.05, 0.1) is 0 Å². The van der Waals surface area contributed by atoms with Crippen molar-refractivity contribution in [2.24, 2.45) is 17.6 Å². The molecule has 21 heavy (non-hydrogen) atoms. The van der Waals surface area contributed by atoms with Gasteiger partial charge < -0.3 is 16.4 Å². The molecule has 1 rings (SSSR count). The van der Waals surface area contributed by atoms with E-state index in [-0.39, 0.29) is 29.7 Å². The summed E-state index contributed by atoms with van der Waals surface area (Å²) >= 11 is 0. The third-order valence-electron chi connectivity index (χ3n) is 3.24. The van der Waals surface area contributed by atoms with Crippen LogP contribution in [0.3, 0.4) is 0 Å². The fourth-order valence-electron chi connectivity index (χ4n) is 1.59. The molecule has 4 N–H and O–H groups in total. The summed E-state index contributed by atoms with van der Waals surface area (Å²) in [6.45, 7) is 7.65. The molecule has 5 nitrogen and oxygen atoms in total. The first-order chi connectivity index (χ1) is 9.79. The van der Waals surface area contributed by atoms with Gasteiger partial charge in [-0.3, -0.25) is 9.59 Å². The van der Waals surface area contributed by atoms with Gasteiger partial charge in [0.25, 0.3) is 0 Å². The summed E-state index contributed by atoms with van der Waals surface area (Å²) in [6.07, 6.45) is 0.295. The molecular formula is C16H25N3O2. The number of carbonyl (C=O) groups is 2. The highest BCUT2D eigenvalue weighted by Crippen LogP contribution is 2.15. The molecule has 1 atom stereocenters. The highest BCUT2D eigenvalue weighted by molar-refractivity contribution is 5.93. The molecule has 1 unspecified atom stereocenters. The molecule has 0 aliphatic heterocycles. The Morgan fingerprint density at radius 2 is 1.48 bits per heavy atom. The molecule has 2 amide bonds. The third kappa shape index (κ3) is 5.95. The van der Waals surface area contributed by atoms with Gasteiger partial charge in [-0.2, -0.15) is 0 Å². The van der Waals surface area contributed by atoms with Crippen molar-refractivity contribution in [1.29, 1.82) is 0 Å². The fourth-order valence-corrected chi connectivity index (χ4v) is 1.59. The molecule has 0 spiro atoms. The maximum absolute atomic E-state index is 11.8. The van der Waals surface area contributed by atoms with E-state index < -0.39 is 0 Å². The van der Waals surface area contributed by atoms with Crippen LogP contribution in [0.5, 0.6) is 0 Å². The van der Waals surface area contributed by atoms with E-state index in [1.807, 2.05) is 27.7 Å². The second-order valence-electron chi connectivity index (χ2n) is 5.88. The van der Waals surface area contributed by atoms with Gasteiger partial charge in [0.15, 0.2) is 0 Å². The van der Waals surface area contributed by atoms with Crippen molar-refractivity contribution in [3.8, 4) is 0 Å². The van der Waals surface area contributed by atoms with E-state index in [2.05, 4.69) is 10.6 Å². The van der Waals surface area contributed by atoms with Crippen LogP contribution in [0.4, 0.5) is 11.4 Å². The third-order valence-corrected chi connectivity index (χ3v) is 3.24. The zero-order valence-corrected chi connectivity index (χ0v) is 13.1. The normalized spacial score (nSPS) is 12.3. The largest absolute Gasteiger partial charge is 0.327 e. The zero-order valence-electron chi connectivity index (χ0n) is 13.1. The zero-order chi connectivity index (χ0) is 16.0. The summed E-state index contributed by atoms with van der Waals surface area (Å²) in [6, 6.07) is 6.90. The van der Waals surface area contributed by atoms with Crippen LogP contribution in [-0.4, -0.2) is 17.9 Å². The molecule has 0 saturated carbocycles. The Kier molecular flexibility index (Phi) is 6.37. The summed E-state index contributed by atoms with van der Waals surface area (Å²) in [7, 11) is 0. The minimum Gasteiger partial charge on any atom is -0.327 e. The number of anilines is 2. The van der Waals surface area contributed by atoms with Crippen molar-refractivity contribution in [1.82, 2.24) is 0 Å². The molecule has 0 aliphatic rings. The van der Waals surface area contributed by atoms with E-state index in [4.69, 9.17) is 5.73 Å². The van der Waals surface area contributed by atoms with Crippen LogP contribution in [-0.2, 0) is 9.59 Å². The van der Waals surface area contributed by atoms with Crippen molar-refractivity contribution < 1.29 is 9.59 Å². The summed E-state index contributed by atoms with van der Waals surface area (Å²) in [4.78, 5) is 23.4. The summed E-state index contributed by atoms with van der Waals surface area (Å²) in [5, 5.41) is 5.60. The van der Waals surface area contributed by atoms with Gasteiger partial charge in [0, 0.05) is 29.8 Å². The highest BCUT2D eigenvalue weighted by atomic mass is 16.2. The van der Waals surface area contributed by atoms with Crippen molar-refractivity contribution in [2.75, 3.05) is 10.6 Å². The molecule has 116 valence electrons. The van der Waals surface area contributed by atoms with Crippen molar-refractivity contribution in [2.45, 2.75) is 40.2 Å². The number of nitrogens with two attached hydrogens (primary N) is 1. The van der Waals surface area contributed by atoms with Crippen LogP contribution in [0.15, 0.2) is 24.3 Å². The van der Waals surface area contributed by atoms with E-state index in [1.165, 1.54) is 0 Å².